The normalized spacial score (nSPS) is 27.4. The van der Waals surface area contributed by atoms with Gasteiger partial charge in [0.25, 0.3) is 0 Å². The third-order valence-electron chi connectivity index (χ3n) is 5.50. The van der Waals surface area contributed by atoms with Crippen molar-refractivity contribution in [2.24, 2.45) is 0 Å². The van der Waals surface area contributed by atoms with Crippen molar-refractivity contribution < 1.29 is 19.3 Å². The molecule has 140 valence electrons. The fourth-order valence-corrected chi connectivity index (χ4v) is 4.12. The van der Waals surface area contributed by atoms with Crippen LogP contribution < -0.4 is 9.47 Å². The van der Waals surface area contributed by atoms with Gasteiger partial charge in [0, 0.05) is 19.1 Å². The molecular formula is C20H31NO4. The van der Waals surface area contributed by atoms with Gasteiger partial charge in [0.1, 0.15) is 0 Å². The molecule has 2 fully saturated rings. The first-order chi connectivity index (χ1) is 12.2. The molecule has 0 aromatic heterocycles. The van der Waals surface area contributed by atoms with Crippen LogP contribution in [0.4, 0.5) is 0 Å². The largest absolute Gasteiger partial charge is 0.493 e. The minimum Gasteiger partial charge on any atom is -0.493 e. The van der Waals surface area contributed by atoms with Crippen LogP contribution in [0.3, 0.4) is 0 Å². The Hall–Kier alpha value is -1.30. The second-order valence-corrected chi connectivity index (χ2v) is 7.14. The molecule has 5 nitrogen and oxygen atoms in total. The Balaban J connectivity index is 1.53. The van der Waals surface area contributed by atoms with Crippen molar-refractivity contribution in [2.75, 3.05) is 33.9 Å². The first-order valence-corrected chi connectivity index (χ1v) is 9.46. The molecule has 1 heterocycles. The lowest BCUT2D eigenvalue weighted by Crippen LogP contribution is -2.46. The second-order valence-electron chi connectivity index (χ2n) is 7.14. The Bertz CT molecular complexity index is 550. The molecule has 1 saturated heterocycles. The van der Waals surface area contributed by atoms with E-state index in [2.05, 4.69) is 11.0 Å². The molecule has 2 aliphatic rings. The number of aliphatic hydroxyl groups is 1. The average molecular weight is 351 g/mol. The topological polar surface area (TPSA) is 51.2 Å². The van der Waals surface area contributed by atoms with Crippen molar-refractivity contribution in [3.63, 3.8) is 0 Å². The number of ether oxygens (including phenoxy) is 3. The molecule has 1 saturated carbocycles. The number of aliphatic hydroxyl groups excluding tert-OH is 1. The van der Waals surface area contributed by atoms with Crippen LogP contribution in [0.25, 0.3) is 0 Å². The van der Waals surface area contributed by atoms with Gasteiger partial charge in [-0.25, -0.2) is 0 Å². The van der Waals surface area contributed by atoms with Crippen molar-refractivity contribution in [1.29, 1.82) is 0 Å². The average Bonchev–Trinajstić information content (AvgIpc) is 3.08. The van der Waals surface area contributed by atoms with Crippen molar-refractivity contribution in [1.82, 2.24) is 4.90 Å². The molecule has 1 aromatic rings. The molecule has 0 spiro atoms. The lowest BCUT2D eigenvalue weighted by molar-refractivity contribution is -0.0316. The summed E-state index contributed by atoms with van der Waals surface area (Å²) in [5, 5.41) is 9.83. The number of likely N-dealkylation sites (tertiary alicyclic amines) is 1. The molecule has 1 aliphatic carbocycles. The van der Waals surface area contributed by atoms with Gasteiger partial charge in [0.15, 0.2) is 11.5 Å². The minimum atomic E-state index is -0.158. The van der Waals surface area contributed by atoms with Crippen molar-refractivity contribution >= 4 is 0 Å². The van der Waals surface area contributed by atoms with E-state index in [-0.39, 0.29) is 6.10 Å². The second kappa shape index (κ2) is 8.88. The standard InChI is InChI=1S/C20H31NO4/c1-23-19-8-7-15(13-20(19)24-2)10-12-25-18-6-4-3-5-17(18)21-11-9-16(22)14-21/h7-8,13,16-18,22H,3-6,9-12,14H2,1-2H3/t16-,17?,18?/m1/s1/i1+1,2+1. The van der Waals surface area contributed by atoms with Crippen LogP contribution in [0.1, 0.15) is 37.7 Å². The van der Waals surface area contributed by atoms with E-state index in [0.717, 1.165) is 43.9 Å². The number of hydrogen-bond donors (Lipinski definition) is 1. The maximum atomic E-state index is 9.83. The van der Waals surface area contributed by atoms with Crippen LogP contribution in [-0.4, -0.2) is 62.2 Å². The zero-order valence-electron chi connectivity index (χ0n) is 15.4. The monoisotopic (exact) mass is 351 g/mol. The highest BCUT2D eigenvalue weighted by Crippen LogP contribution is 2.30. The maximum Gasteiger partial charge on any atom is 0.160 e. The van der Waals surface area contributed by atoms with Gasteiger partial charge in [-0.15, -0.1) is 0 Å². The van der Waals surface area contributed by atoms with Gasteiger partial charge in [-0.3, -0.25) is 4.90 Å². The van der Waals surface area contributed by atoms with E-state index >= 15 is 0 Å². The van der Waals surface area contributed by atoms with Gasteiger partial charge in [0.05, 0.1) is 33.0 Å². The Morgan fingerprint density at radius 2 is 1.88 bits per heavy atom. The number of nitrogens with zero attached hydrogens (tertiary/aromatic N) is 1. The van der Waals surface area contributed by atoms with Crippen LogP contribution in [0.5, 0.6) is 11.5 Å². The van der Waals surface area contributed by atoms with E-state index in [4.69, 9.17) is 14.2 Å². The number of benzene rings is 1. The maximum absolute atomic E-state index is 9.83. The summed E-state index contributed by atoms with van der Waals surface area (Å²) in [6.45, 7) is 2.52. The molecule has 3 atom stereocenters. The first-order valence-electron chi connectivity index (χ1n) is 9.46. The highest BCUT2D eigenvalue weighted by atomic mass is 16.6. The Morgan fingerprint density at radius 3 is 2.60 bits per heavy atom. The van der Waals surface area contributed by atoms with Gasteiger partial charge in [-0.05, 0) is 43.4 Å². The van der Waals surface area contributed by atoms with E-state index in [0.29, 0.717) is 18.8 Å². The van der Waals surface area contributed by atoms with E-state index in [9.17, 15) is 5.11 Å². The molecule has 25 heavy (non-hydrogen) atoms. The Labute approximate surface area is 150 Å². The molecule has 0 bridgehead atoms. The summed E-state index contributed by atoms with van der Waals surface area (Å²) in [6.07, 6.45) is 6.73. The highest BCUT2D eigenvalue weighted by Gasteiger charge is 2.34. The number of hydrogen-bond acceptors (Lipinski definition) is 5. The quantitative estimate of drug-likeness (QED) is 0.766. The molecular weight excluding hydrogens is 320 g/mol. The van der Waals surface area contributed by atoms with Gasteiger partial charge in [-0.2, -0.15) is 0 Å². The molecule has 1 N–H and O–H groups in total. The van der Waals surface area contributed by atoms with Gasteiger partial charge in [-0.1, -0.05) is 18.9 Å². The van der Waals surface area contributed by atoms with E-state index in [1.807, 2.05) is 12.1 Å². The fourth-order valence-electron chi connectivity index (χ4n) is 4.12. The highest BCUT2D eigenvalue weighted by molar-refractivity contribution is 5.42. The number of methoxy groups -OCH3 is 2. The molecule has 2 unspecified atom stereocenters. The van der Waals surface area contributed by atoms with Crippen LogP contribution in [-0.2, 0) is 11.2 Å². The molecule has 3 rings (SSSR count). The SMILES string of the molecule is [13CH3]Oc1ccc(CCOC2CCCCC2N2CC[C@@H](O)C2)cc1O[13CH3]. The minimum absolute atomic E-state index is 0.158. The third-order valence-corrected chi connectivity index (χ3v) is 5.50. The predicted molar refractivity (Wildman–Crippen MR) is 97.4 cm³/mol. The van der Waals surface area contributed by atoms with E-state index < -0.39 is 0 Å². The van der Waals surface area contributed by atoms with Crippen molar-refractivity contribution in [2.45, 2.75) is 56.8 Å². The van der Waals surface area contributed by atoms with Crippen LogP contribution in [0.15, 0.2) is 18.2 Å². The van der Waals surface area contributed by atoms with E-state index in [1.165, 1.54) is 24.8 Å². The van der Waals surface area contributed by atoms with Gasteiger partial charge >= 0.3 is 0 Å². The van der Waals surface area contributed by atoms with Crippen molar-refractivity contribution in [3.05, 3.63) is 23.8 Å². The zero-order valence-corrected chi connectivity index (χ0v) is 15.4. The smallest absolute Gasteiger partial charge is 0.160 e. The summed E-state index contributed by atoms with van der Waals surface area (Å²) in [4.78, 5) is 2.44. The zero-order chi connectivity index (χ0) is 17.6. The van der Waals surface area contributed by atoms with Crippen LogP contribution in [0.2, 0.25) is 0 Å². The van der Waals surface area contributed by atoms with Gasteiger partial charge < -0.3 is 19.3 Å². The molecule has 0 radical (unpaired) electrons. The predicted octanol–water partition coefficient (Wildman–Crippen LogP) is 2.64. The van der Waals surface area contributed by atoms with Crippen LogP contribution in [0, 0.1) is 0 Å². The van der Waals surface area contributed by atoms with Crippen LogP contribution >= 0.6 is 0 Å². The fraction of sp³-hybridized carbons (Fsp3) is 0.700. The molecule has 5 heteroatoms. The van der Waals surface area contributed by atoms with E-state index in [1.54, 1.807) is 14.2 Å². The summed E-state index contributed by atoms with van der Waals surface area (Å²) in [6, 6.07) is 6.51. The third kappa shape index (κ3) is 4.66. The summed E-state index contributed by atoms with van der Waals surface area (Å²) in [5.74, 6) is 1.52. The Morgan fingerprint density at radius 1 is 1.08 bits per heavy atom. The summed E-state index contributed by atoms with van der Waals surface area (Å²) < 4.78 is 16.9. The summed E-state index contributed by atoms with van der Waals surface area (Å²) in [7, 11) is 3.31. The van der Waals surface area contributed by atoms with Gasteiger partial charge in [0.2, 0.25) is 0 Å². The first kappa shape index (κ1) is 18.5. The molecule has 0 amide bonds. The molecule has 1 aromatic carbocycles. The molecule has 1 aliphatic heterocycles. The summed E-state index contributed by atoms with van der Waals surface area (Å²) in [5.41, 5.74) is 1.20. The number of β-amino-alcohol motifs (C(OH)–C–C–N with tert-alkyl or cyclic N) is 1. The lowest BCUT2D eigenvalue weighted by atomic mass is 9.91. The Kier molecular flexibility index (Phi) is 6.57. The summed E-state index contributed by atoms with van der Waals surface area (Å²) >= 11 is 0. The van der Waals surface area contributed by atoms with Crippen molar-refractivity contribution in [3.8, 4) is 11.5 Å². The lowest BCUT2D eigenvalue weighted by Gasteiger charge is -2.37. The number of rotatable bonds is 7.